The third kappa shape index (κ3) is 3.88. The molecule has 6 nitrogen and oxygen atoms in total. The summed E-state index contributed by atoms with van der Waals surface area (Å²) < 4.78 is 5.65. The van der Waals surface area contributed by atoms with Gasteiger partial charge in [0.2, 0.25) is 11.8 Å². The molecule has 1 aromatic heterocycles. The molecule has 0 N–H and O–H groups in total. The van der Waals surface area contributed by atoms with E-state index in [4.69, 9.17) is 9.51 Å². The lowest BCUT2D eigenvalue weighted by Crippen LogP contribution is -2.35. The molecule has 2 aromatic rings. The van der Waals surface area contributed by atoms with Crippen molar-refractivity contribution in [1.82, 2.24) is 15.0 Å². The van der Waals surface area contributed by atoms with Gasteiger partial charge >= 0.3 is 0 Å². The maximum absolute atomic E-state index is 12.1. The fourth-order valence-electron chi connectivity index (χ4n) is 3.87. The summed E-state index contributed by atoms with van der Waals surface area (Å²) >= 11 is 0. The van der Waals surface area contributed by atoms with Crippen LogP contribution in [0.4, 0.5) is 0 Å². The van der Waals surface area contributed by atoms with Crippen LogP contribution in [0.5, 0.6) is 0 Å². The van der Waals surface area contributed by atoms with Crippen LogP contribution in [0.15, 0.2) is 40.0 Å². The van der Waals surface area contributed by atoms with Crippen LogP contribution in [0.2, 0.25) is 0 Å². The fourth-order valence-corrected chi connectivity index (χ4v) is 3.87. The number of nitrogens with zero attached hydrogens (tertiary/aromatic N) is 4. The monoisotopic (exact) mass is 394 g/mol. The van der Waals surface area contributed by atoms with Gasteiger partial charge in [-0.25, -0.2) is 0 Å². The first kappa shape index (κ1) is 21.0. The van der Waals surface area contributed by atoms with Gasteiger partial charge in [-0.15, -0.1) is 0 Å². The quantitative estimate of drug-likeness (QED) is 0.661. The summed E-state index contributed by atoms with van der Waals surface area (Å²) in [6.07, 6.45) is 4.03. The first-order valence-electron chi connectivity index (χ1n) is 10.1. The van der Waals surface area contributed by atoms with Crippen molar-refractivity contribution < 1.29 is 9.32 Å². The van der Waals surface area contributed by atoms with Crippen molar-refractivity contribution in [3.8, 4) is 0 Å². The predicted molar refractivity (Wildman–Crippen MR) is 115 cm³/mol. The largest absolute Gasteiger partial charge is 0.337 e. The van der Waals surface area contributed by atoms with Gasteiger partial charge in [0, 0.05) is 19.7 Å². The molecule has 6 heteroatoms. The van der Waals surface area contributed by atoms with Crippen molar-refractivity contribution in [3.63, 3.8) is 0 Å². The lowest BCUT2D eigenvalue weighted by molar-refractivity contribution is -0.135. The van der Waals surface area contributed by atoms with Crippen LogP contribution < -0.4 is 0 Å². The number of likely N-dealkylation sites (tertiary alicyclic amines) is 1. The summed E-state index contributed by atoms with van der Waals surface area (Å²) in [4.78, 5) is 22.4. The van der Waals surface area contributed by atoms with E-state index >= 15 is 0 Å². The molecule has 29 heavy (non-hydrogen) atoms. The van der Waals surface area contributed by atoms with E-state index in [1.54, 1.807) is 11.1 Å². The van der Waals surface area contributed by atoms with Gasteiger partial charge in [0.05, 0.1) is 5.41 Å². The molecule has 0 saturated carbocycles. The molecule has 154 valence electrons. The molecule has 1 fully saturated rings. The Morgan fingerprint density at radius 3 is 2.69 bits per heavy atom. The Morgan fingerprint density at radius 2 is 2.07 bits per heavy atom. The van der Waals surface area contributed by atoms with Gasteiger partial charge < -0.3 is 9.42 Å². The maximum atomic E-state index is 12.1. The number of carbonyl (C=O) groups excluding carboxylic acids is 1. The van der Waals surface area contributed by atoms with Crippen molar-refractivity contribution in [3.05, 3.63) is 53.3 Å². The van der Waals surface area contributed by atoms with Crippen molar-refractivity contribution in [2.75, 3.05) is 7.05 Å². The van der Waals surface area contributed by atoms with Crippen molar-refractivity contribution >= 4 is 18.2 Å². The molecular formula is C23H30N4O2. The molecule has 2 atom stereocenters. The second kappa shape index (κ2) is 8.31. The molecule has 0 aliphatic carbocycles. The number of allylic oxidation sites excluding steroid dienone is 1. The highest BCUT2D eigenvalue weighted by molar-refractivity contribution is 5.77. The first-order chi connectivity index (χ1) is 13.8. The molecule has 0 bridgehead atoms. The van der Waals surface area contributed by atoms with Gasteiger partial charge in [-0.2, -0.15) is 4.98 Å². The molecule has 1 amide bonds. The van der Waals surface area contributed by atoms with E-state index in [1.807, 2.05) is 14.0 Å². The number of carbonyl (C=O) groups is 1. The van der Waals surface area contributed by atoms with E-state index in [1.165, 1.54) is 0 Å². The van der Waals surface area contributed by atoms with E-state index in [2.05, 4.69) is 61.9 Å². The lowest BCUT2D eigenvalue weighted by Gasteiger charge is -2.31. The Bertz CT molecular complexity index is 913. The third-order valence-electron chi connectivity index (χ3n) is 6.30. The molecule has 1 aromatic carbocycles. The molecule has 1 aliphatic rings. The summed E-state index contributed by atoms with van der Waals surface area (Å²) in [5, 5.41) is 4.35. The summed E-state index contributed by atoms with van der Waals surface area (Å²) in [6.45, 7) is 12.0. The van der Waals surface area contributed by atoms with Crippen LogP contribution in [-0.2, 0) is 10.2 Å². The van der Waals surface area contributed by atoms with Gasteiger partial charge in [-0.1, -0.05) is 43.3 Å². The van der Waals surface area contributed by atoms with Crippen molar-refractivity contribution in [2.45, 2.75) is 58.4 Å². The van der Waals surface area contributed by atoms with Crippen LogP contribution in [0.3, 0.4) is 0 Å². The average Bonchev–Trinajstić information content (AvgIpc) is 3.20. The molecule has 3 rings (SSSR count). The number of hydrogen-bond donors (Lipinski definition) is 0. The average molecular weight is 395 g/mol. The molecule has 1 saturated heterocycles. The topological polar surface area (TPSA) is 71.6 Å². The first-order valence-corrected chi connectivity index (χ1v) is 10.1. The molecular weight excluding hydrogens is 364 g/mol. The highest BCUT2D eigenvalue weighted by Crippen LogP contribution is 2.39. The van der Waals surface area contributed by atoms with Gasteiger partial charge in [0.25, 0.3) is 0 Å². The van der Waals surface area contributed by atoms with Crippen LogP contribution in [-0.4, -0.2) is 34.7 Å². The second-order valence-corrected chi connectivity index (χ2v) is 8.30. The van der Waals surface area contributed by atoms with Gasteiger partial charge in [-0.3, -0.25) is 9.79 Å². The molecule has 0 radical (unpaired) electrons. The van der Waals surface area contributed by atoms with Crippen molar-refractivity contribution in [2.24, 2.45) is 10.9 Å². The Morgan fingerprint density at radius 1 is 1.38 bits per heavy atom. The minimum atomic E-state index is -0.411. The van der Waals surface area contributed by atoms with Gasteiger partial charge in [-0.05, 0) is 56.0 Å². The Hall–Kier alpha value is -2.76. The Kier molecular flexibility index (Phi) is 6.01. The van der Waals surface area contributed by atoms with Gasteiger partial charge in [0.1, 0.15) is 6.04 Å². The summed E-state index contributed by atoms with van der Waals surface area (Å²) in [5.41, 5.74) is 2.87. The van der Waals surface area contributed by atoms with Gasteiger partial charge in [0.15, 0.2) is 5.82 Å². The summed E-state index contributed by atoms with van der Waals surface area (Å²) in [6, 6.07) is 8.25. The number of piperidine rings is 1. The minimum Gasteiger partial charge on any atom is -0.337 e. The smallest absolute Gasteiger partial charge is 0.249 e. The highest BCUT2D eigenvalue weighted by Gasteiger charge is 2.39. The summed E-state index contributed by atoms with van der Waals surface area (Å²) in [5.74, 6) is 1.55. The number of aliphatic imine (C=N–C) groups is 1. The van der Waals surface area contributed by atoms with E-state index in [-0.39, 0.29) is 17.9 Å². The normalized spacial score (nSPS) is 20.1. The number of rotatable bonds is 6. The summed E-state index contributed by atoms with van der Waals surface area (Å²) in [7, 11) is 1.81. The van der Waals surface area contributed by atoms with E-state index in [0.717, 1.165) is 29.5 Å². The van der Waals surface area contributed by atoms with Crippen molar-refractivity contribution in [1.29, 1.82) is 0 Å². The Labute approximate surface area is 172 Å². The Balaban J connectivity index is 1.95. The maximum Gasteiger partial charge on any atom is 0.249 e. The van der Waals surface area contributed by atoms with E-state index in [0.29, 0.717) is 18.1 Å². The zero-order chi connectivity index (χ0) is 21.2. The zero-order valence-corrected chi connectivity index (χ0v) is 18.0. The van der Waals surface area contributed by atoms with E-state index in [9.17, 15) is 4.79 Å². The lowest BCUT2D eigenvalue weighted by atomic mass is 9.72. The number of amides is 1. The second-order valence-electron chi connectivity index (χ2n) is 8.30. The number of hydrogen-bond acceptors (Lipinski definition) is 5. The van der Waals surface area contributed by atoms with Crippen LogP contribution >= 0.6 is 0 Å². The molecule has 1 aliphatic heterocycles. The standard InChI is InChI=1S/C23H30N4O2/c1-15(2)23(4,18-12-10-17(11-13-18)16(3)14-24-5)22-25-21(29-26-22)19-8-7-9-20(28)27(19)6/h10-15,19H,5,7-9H2,1-4,6H3. The van der Waals surface area contributed by atoms with E-state index < -0.39 is 5.41 Å². The third-order valence-corrected chi connectivity index (χ3v) is 6.30. The minimum absolute atomic E-state index is 0.126. The fraction of sp³-hybridized carbons (Fsp3) is 0.478. The SMILES string of the molecule is C=NC=C(C)c1ccc(C(C)(c2noc(C3CCCC(=O)N3C)n2)C(C)C)cc1. The van der Waals surface area contributed by atoms with Crippen LogP contribution in [0.1, 0.15) is 75.8 Å². The molecule has 0 spiro atoms. The highest BCUT2D eigenvalue weighted by atomic mass is 16.5. The van der Waals surface area contributed by atoms with Crippen LogP contribution in [0, 0.1) is 5.92 Å². The molecule has 2 heterocycles. The number of aromatic nitrogens is 2. The molecule has 2 unspecified atom stereocenters. The zero-order valence-electron chi connectivity index (χ0n) is 18.0. The number of benzene rings is 1. The van der Waals surface area contributed by atoms with Crippen LogP contribution in [0.25, 0.3) is 5.57 Å². The predicted octanol–water partition coefficient (Wildman–Crippen LogP) is 4.78.